The molecule has 0 heterocycles. The van der Waals surface area contributed by atoms with Gasteiger partial charge in [-0.1, -0.05) is 6.07 Å². The second kappa shape index (κ2) is 10.2. The highest BCUT2D eigenvalue weighted by molar-refractivity contribution is 5.96. The van der Waals surface area contributed by atoms with Crippen LogP contribution in [0.4, 0.5) is 5.69 Å². The second-order valence-corrected chi connectivity index (χ2v) is 6.29. The summed E-state index contributed by atoms with van der Waals surface area (Å²) in [5.74, 6) is 1.46. The fourth-order valence-electron chi connectivity index (χ4n) is 2.85. The number of carbonyl (C=O) groups excluding carboxylic acids is 1. The summed E-state index contributed by atoms with van der Waals surface area (Å²) in [4.78, 5) is 12.1. The normalized spacial score (nSPS) is 11.8. The van der Waals surface area contributed by atoms with Gasteiger partial charge in [-0.25, -0.2) is 0 Å². The van der Waals surface area contributed by atoms with Crippen LogP contribution < -0.4 is 30.0 Å². The van der Waals surface area contributed by atoms with Crippen LogP contribution in [0.2, 0.25) is 0 Å². The molecule has 0 saturated carbocycles. The number of methoxy groups -OCH3 is 4. The molecule has 1 unspecified atom stereocenters. The van der Waals surface area contributed by atoms with Gasteiger partial charge < -0.3 is 30.0 Å². The third-order valence-electron chi connectivity index (χ3n) is 4.37. The molecule has 0 aliphatic rings. The molecule has 3 N–H and O–H groups in total. The Hall–Kier alpha value is -3.70. The Labute approximate surface area is 175 Å². The zero-order chi connectivity index (χ0) is 22.3. The molecule has 0 saturated heterocycles. The first-order valence-electron chi connectivity index (χ1n) is 9.05. The van der Waals surface area contributed by atoms with Gasteiger partial charge in [0.15, 0.2) is 11.5 Å². The molecule has 0 fully saturated rings. The van der Waals surface area contributed by atoms with E-state index in [0.29, 0.717) is 45.4 Å². The van der Waals surface area contributed by atoms with E-state index < -0.39 is 6.04 Å². The van der Waals surface area contributed by atoms with E-state index in [1.165, 1.54) is 34.5 Å². The Bertz CT molecular complexity index is 968. The van der Waals surface area contributed by atoms with Crippen molar-refractivity contribution in [2.45, 2.75) is 13.0 Å². The number of rotatable bonds is 8. The Morgan fingerprint density at radius 3 is 2.07 bits per heavy atom. The van der Waals surface area contributed by atoms with E-state index in [4.69, 9.17) is 24.7 Å². The van der Waals surface area contributed by atoms with Crippen molar-refractivity contribution in [3.8, 4) is 29.1 Å². The van der Waals surface area contributed by atoms with Crippen LogP contribution in [0.3, 0.4) is 0 Å². The van der Waals surface area contributed by atoms with Crippen LogP contribution in [-0.2, 0) is 4.79 Å². The molecule has 0 bridgehead atoms. The predicted octanol–water partition coefficient (Wildman–Crippen LogP) is 2.96. The lowest BCUT2D eigenvalue weighted by molar-refractivity contribution is -0.117. The van der Waals surface area contributed by atoms with Crippen LogP contribution in [0.25, 0.3) is 5.57 Å². The van der Waals surface area contributed by atoms with Crippen molar-refractivity contribution in [3.05, 3.63) is 47.5 Å². The molecule has 158 valence electrons. The Morgan fingerprint density at radius 2 is 1.60 bits per heavy atom. The van der Waals surface area contributed by atoms with E-state index in [-0.39, 0.29) is 5.91 Å². The Morgan fingerprint density at radius 1 is 1.00 bits per heavy atom. The molecule has 0 radical (unpaired) electrons. The molecule has 2 aromatic carbocycles. The summed E-state index contributed by atoms with van der Waals surface area (Å²) in [5.41, 5.74) is 8.03. The summed E-state index contributed by atoms with van der Waals surface area (Å²) in [6.07, 6.45) is 1.40. The summed E-state index contributed by atoms with van der Waals surface area (Å²) in [7, 11) is 6.05. The first-order chi connectivity index (χ1) is 14.4. The minimum atomic E-state index is -0.692. The second-order valence-electron chi connectivity index (χ2n) is 6.29. The van der Waals surface area contributed by atoms with Crippen LogP contribution in [0, 0.1) is 11.3 Å². The lowest BCUT2D eigenvalue weighted by atomic mass is 9.96. The van der Waals surface area contributed by atoms with E-state index in [9.17, 15) is 10.1 Å². The van der Waals surface area contributed by atoms with Crippen LogP contribution in [0.5, 0.6) is 23.0 Å². The number of nitriles is 1. The predicted molar refractivity (Wildman–Crippen MR) is 114 cm³/mol. The number of nitrogens with zero attached hydrogens (tertiary/aromatic N) is 1. The molecule has 8 nitrogen and oxygen atoms in total. The molecule has 0 spiro atoms. The van der Waals surface area contributed by atoms with Gasteiger partial charge in [0.2, 0.25) is 11.7 Å². The van der Waals surface area contributed by atoms with Gasteiger partial charge in [0, 0.05) is 6.08 Å². The van der Waals surface area contributed by atoms with Gasteiger partial charge in [0.1, 0.15) is 5.75 Å². The van der Waals surface area contributed by atoms with E-state index in [0.717, 1.165) is 0 Å². The third kappa shape index (κ3) is 4.82. The highest BCUT2D eigenvalue weighted by Gasteiger charge is 2.18. The minimum Gasteiger partial charge on any atom is -0.495 e. The van der Waals surface area contributed by atoms with E-state index in [1.807, 2.05) is 0 Å². The van der Waals surface area contributed by atoms with Crippen molar-refractivity contribution in [2.24, 2.45) is 5.73 Å². The van der Waals surface area contributed by atoms with Gasteiger partial charge in [-0.15, -0.1) is 0 Å². The first kappa shape index (κ1) is 22.6. The summed E-state index contributed by atoms with van der Waals surface area (Å²) in [5, 5.41) is 12.1. The molecular formula is C22H25N3O5. The molecule has 0 aromatic heterocycles. The molecule has 1 amide bonds. The number of benzene rings is 2. The van der Waals surface area contributed by atoms with E-state index >= 15 is 0 Å². The SMILES string of the molecule is COc1ccc(C(=CC#N)c2cc(OC)c(OC)c(OC)c2)cc1NC(=O)C(C)N. The molecule has 2 rings (SSSR count). The maximum absolute atomic E-state index is 12.1. The molecule has 1 atom stereocenters. The molecule has 0 aliphatic carbocycles. The lowest BCUT2D eigenvalue weighted by Crippen LogP contribution is -2.32. The lowest BCUT2D eigenvalue weighted by Gasteiger charge is -2.17. The van der Waals surface area contributed by atoms with Crippen molar-refractivity contribution >= 4 is 17.2 Å². The number of amides is 1. The molecular weight excluding hydrogens is 386 g/mol. The third-order valence-corrected chi connectivity index (χ3v) is 4.37. The van der Waals surface area contributed by atoms with Crippen molar-refractivity contribution < 1.29 is 23.7 Å². The van der Waals surface area contributed by atoms with Gasteiger partial charge in [-0.3, -0.25) is 4.79 Å². The van der Waals surface area contributed by atoms with Crippen LogP contribution in [-0.4, -0.2) is 40.4 Å². The quantitative estimate of drug-likeness (QED) is 0.642. The smallest absolute Gasteiger partial charge is 0.241 e. The number of carbonyl (C=O) groups is 1. The zero-order valence-electron chi connectivity index (χ0n) is 17.6. The highest BCUT2D eigenvalue weighted by Crippen LogP contribution is 2.41. The zero-order valence-corrected chi connectivity index (χ0v) is 17.6. The van der Waals surface area contributed by atoms with Gasteiger partial charge >= 0.3 is 0 Å². The number of ether oxygens (including phenoxy) is 4. The number of hydrogen-bond acceptors (Lipinski definition) is 7. The van der Waals surface area contributed by atoms with Crippen LogP contribution >= 0.6 is 0 Å². The highest BCUT2D eigenvalue weighted by atomic mass is 16.5. The molecule has 8 heteroatoms. The molecule has 0 aliphatic heterocycles. The number of anilines is 1. The van der Waals surface area contributed by atoms with Crippen molar-refractivity contribution in [1.29, 1.82) is 5.26 Å². The van der Waals surface area contributed by atoms with Gasteiger partial charge in [0.25, 0.3) is 0 Å². The molecule has 2 aromatic rings. The van der Waals surface area contributed by atoms with Gasteiger partial charge in [0.05, 0.1) is 46.2 Å². The molecule has 30 heavy (non-hydrogen) atoms. The van der Waals surface area contributed by atoms with Gasteiger partial charge in [-0.05, 0) is 47.9 Å². The average Bonchev–Trinajstić information content (AvgIpc) is 2.76. The standard InChI is InChI=1S/C22H25N3O5/c1-13(24)22(26)25-17-10-14(6-7-18(17)27-2)16(8-9-23)15-11-19(28-3)21(30-5)20(12-15)29-4/h6-8,10-13H,24H2,1-5H3,(H,25,26). The number of hydrogen-bond donors (Lipinski definition) is 2. The van der Waals surface area contributed by atoms with E-state index in [1.54, 1.807) is 37.3 Å². The van der Waals surface area contributed by atoms with E-state index in [2.05, 4.69) is 11.4 Å². The first-order valence-corrected chi connectivity index (χ1v) is 9.05. The monoisotopic (exact) mass is 411 g/mol. The fraction of sp³-hybridized carbons (Fsp3) is 0.273. The maximum Gasteiger partial charge on any atom is 0.241 e. The summed E-state index contributed by atoms with van der Waals surface area (Å²) < 4.78 is 21.5. The topological polar surface area (TPSA) is 116 Å². The van der Waals surface area contributed by atoms with Crippen LogP contribution in [0.15, 0.2) is 36.4 Å². The fourth-order valence-corrected chi connectivity index (χ4v) is 2.85. The van der Waals surface area contributed by atoms with Gasteiger partial charge in [-0.2, -0.15) is 5.26 Å². The average molecular weight is 411 g/mol. The summed E-state index contributed by atoms with van der Waals surface area (Å²) >= 11 is 0. The Balaban J connectivity index is 2.63. The van der Waals surface area contributed by atoms with Crippen molar-refractivity contribution in [2.75, 3.05) is 33.8 Å². The van der Waals surface area contributed by atoms with Crippen molar-refractivity contribution in [1.82, 2.24) is 0 Å². The number of nitrogens with two attached hydrogens (primary N) is 1. The number of allylic oxidation sites excluding steroid dienone is 1. The minimum absolute atomic E-state index is 0.357. The van der Waals surface area contributed by atoms with Crippen molar-refractivity contribution in [3.63, 3.8) is 0 Å². The summed E-state index contributed by atoms with van der Waals surface area (Å²) in [6.45, 7) is 1.59. The van der Waals surface area contributed by atoms with Crippen LogP contribution in [0.1, 0.15) is 18.1 Å². The maximum atomic E-state index is 12.1. The number of nitrogens with one attached hydrogen (secondary N) is 1. The summed E-state index contributed by atoms with van der Waals surface area (Å²) in [6, 6.07) is 10.1. The largest absolute Gasteiger partial charge is 0.495 e. The Kier molecular flexibility index (Phi) is 7.67.